The molecule has 9 rings (SSSR count). The number of nitrogens with zero attached hydrogens (tertiary/aromatic N) is 4. The summed E-state index contributed by atoms with van der Waals surface area (Å²) in [6.45, 7) is 0. The van der Waals surface area contributed by atoms with Crippen LogP contribution in [0.5, 0.6) is 0 Å². The second-order valence-corrected chi connectivity index (χ2v) is 12.3. The molecule has 6 aromatic carbocycles. The molecule has 0 unspecified atom stereocenters. The van der Waals surface area contributed by atoms with Crippen molar-refractivity contribution in [3.8, 4) is 29.0 Å². The minimum Gasteiger partial charge on any atom is -0.312 e. The lowest BCUT2D eigenvalue weighted by Crippen LogP contribution is -2.05. The van der Waals surface area contributed by atoms with Gasteiger partial charge in [0.25, 0.3) is 0 Å². The summed E-state index contributed by atoms with van der Waals surface area (Å²) in [7, 11) is 0. The summed E-state index contributed by atoms with van der Waals surface area (Å²) in [4.78, 5) is 0. The standard InChI is InChI=1S/C44H28N4/c45-27-29-16-22-43(48-42-15-6-3-12-37(42)39-25-30(28-46)17-23-44(39)48)38(24-29)32-20-18-31(19-21-32)33-8-7-9-34(26-33)47-40-13-4-1-10-35(40)36-11-2-5-14-41(36)47/h1-15,17-21,23-26H,16,22H2. The van der Waals surface area contributed by atoms with E-state index >= 15 is 0 Å². The Morgan fingerprint density at radius 2 is 1.06 bits per heavy atom. The van der Waals surface area contributed by atoms with Crippen LogP contribution in [0.25, 0.3) is 71.7 Å². The van der Waals surface area contributed by atoms with Crippen LogP contribution in [-0.2, 0) is 0 Å². The van der Waals surface area contributed by atoms with Crippen molar-refractivity contribution >= 4 is 54.9 Å². The van der Waals surface area contributed by atoms with Gasteiger partial charge in [-0.3, -0.25) is 0 Å². The van der Waals surface area contributed by atoms with Crippen LogP contribution in [0.3, 0.4) is 0 Å². The van der Waals surface area contributed by atoms with Gasteiger partial charge in [-0.1, -0.05) is 91.0 Å². The Bertz CT molecular complexity index is 2680. The van der Waals surface area contributed by atoms with Gasteiger partial charge in [-0.15, -0.1) is 0 Å². The zero-order chi connectivity index (χ0) is 32.2. The minimum absolute atomic E-state index is 0.646. The fourth-order valence-corrected chi connectivity index (χ4v) is 7.49. The summed E-state index contributed by atoms with van der Waals surface area (Å²) in [5.74, 6) is 0. The van der Waals surface area contributed by atoms with E-state index in [0.29, 0.717) is 12.0 Å². The second-order valence-electron chi connectivity index (χ2n) is 12.3. The van der Waals surface area contributed by atoms with Gasteiger partial charge in [-0.2, -0.15) is 10.5 Å². The molecule has 0 atom stereocenters. The van der Waals surface area contributed by atoms with E-state index < -0.39 is 0 Å². The number of aromatic nitrogens is 2. The number of rotatable bonds is 4. The first-order valence-electron chi connectivity index (χ1n) is 16.2. The summed E-state index contributed by atoms with van der Waals surface area (Å²) in [5.41, 5.74) is 12.6. The van der Waals surface area contributed by atoms with Crippen LogP contribution in [-0.4, -0.2) is 9.13 Å². The lowest BCUT2D eigenvalue weighted by atomic mass is 9.91. The van der Waals surface area contributed by atoms with Crippen LogP contribution in [0.2, 0.25) is 0 Å². The number of hydrogen-bond acceptors (Lipinski definition) is 2. The van der Waals surface area contributed by atoms with Crippen molar-refractivity contribution in [3.63, 3.8) is 0 Å². The molecule has 1 aliphatic carbocycles. The number of fused-ring (bicyclic) bond motifs is 6. The molecule has 0 aliphatic heterocycles. The molecular formula is C44H28N4. The largest absolute Gasteiger partial charge is 0.312 e. The van der Waals surface area contributed by atoms with Crippen LogP contribution in [0.15, 0.2) is 151 Å². The maximum Gasteiger partial charge on any atom is 0.0991 e. The van der Waals surface area contributed by atoms with Crippen LogP contribution in [0, 0.1) is 22.7 Å². The number of nitriles is 2. The van der Waals surface area contributed by atoms with Gasteiger partial charge in [-0.25, -0.2) is 0 Å². The van der Waals surface area contributed by atoms with Crippen LogP contribution in [0.1, 0.15) is 24.0 Å². The maximum absolute atomic E-state index is 9.92. The molecule has 4 heteroatoms. The topological polar surface area (TPSA) is 57.4 Å². The molecule has 0 amide bonds. The van der Waals surface area contributed by atoms with Gasteiger partial charge >= 0.3 is 0 Å². The average Bonchev–Trinajstić information content (AvgIpc) is 3.67. The van der Waals surface area contributed by atoms with Crippen molar-refractivity contribution in [2.45, 2.75) is 12.8 Å². The van der Waals surface area contributed by atoms with E-state index in [-0.39, 0.29) is 0 Å². The van der Waals surface area contributed by atoms with Gasteiger partial charge in [0, 0.05) is 44.1 Å². The van der Waals surface area contributed by atoms with Crippen molar-refractivity contribution in [1.29, 1.82) is 10.5 Å². The number of benzene rings is 6. The summed E-state index contributed by atoms with van der Waals surface area (Å²) in [5, 5.41) is 24.2. The first-order chi connectivity index (χ1) is 23.7. The fraction of sp³-hybridized carbons (Fsp3) is 0.0455. The molecule has 48 heavy (non-hydrogen) atoms. The van der Waals surface area contributed by atoms with Crippen LogP contribution < -0.4 is 0 Å². The Morgan fingerprint density at radius 1 is 0.458 bits per heavy atom. The molecule has 8 aromatic rings. The predicted octanol–water partition coefficient (Wildman–Crippen LogP) is 11.0. The molecule has 0 spiro atoms. The summed E-state index contributed by atoms with van der Waals surface area (Å²) in [6.07, 6.45) is 3.49. The Hall–Kier alpha value is -6.62. The molecule has 0 N–H and O–H groups in total. The second kappa shape index (κ2) is 11.0. The fourth-order valence-electron chi connectivity index (χ4n) is 7.49. The highest BCUT2D eigenvalue weighted by Crippen LogP contribution is 2.41. The molecule has 2 aromatic heterocycles. The van der Waals surface area contributed by atoms with Crippen molar-refractivity contribution in [3.05, 3.63) is 162 Å². The highest BCUT2D eigenvalue weighted by Gasteiger charge is 2.21. The highest BCUT2D eigenvalue weighted by molar-refractivity contribution is 6.12. The normalized spacial score (nSPS) is 13.2. The summed E-state index contributed by atoms with van der Waals surface area (Å²) < 4.78 is 4.68. The number of hydrogen-bond donors (Lipinski definition) is 0. The Labute approximate surface area is 277 Å². The quantitative estimate of drug-likeness (QED) is 0.199. The van der Waals surface area contributed by atoms with E-state index in [2.05, 4.69) is 149 Å². The molecule has 0 saturated carbocycles. The Kier molecular flexibility index (Phi) is 6.35. The molecule has 0 fully saturated rings. The molecule has 0 radical (unpaired) electrons. The van der Waals surface area contributed by atoms with Gasteiger partial charge < -0.3 is 9.13 Å². The van der Waals surface area contributed by atoms with Crippen molar-refractivity contribution in [2.24, 2.45) is 0 Å². The minimum atomic E-state index is 0.646. The Morgan fingerprint density at radius 3 is 1.73 bits per heavy atom. The van der Waals surface area contributed by atoms with Gasteiger partial charge in [0.15, 0.2) is 0 Å². The lowest BCUT2D eigenvalue weighted by Gasteiger charge is -2.21. The van der Waals surface area contributed by atoms with Crippen molar-refractivity contribution in [2.75, 3.05) is 0 Å². The maximum atomic E-state index is 9.92. The van der Waals surface area contributed by atoms with E-state index in [1.165, 1.54) is 21.8 Å². The number of allylic oxidation sites excluding steroid dienone is 4. The molecule has 0 saturated heterocycles. The van der Waals surface area contributed by atoms with E-state index in [0.717, 1.165) is 67.4 Å². The smallest absolute Gasteiger partial charge is 0.0991 e. The van der Waals surface area contributed by atoms with Crippen LogP contribution in [0.4, 0.5) is 0 Å². The van der Waals surface area contributed by atoms with Gasteiger partial charge in [-0.05, 0) is 84.1 Å². The zero-order valence-corrected chi connectivity index (χ0v) is 26.1. The van der Waals surface area contributed by atoms with Gasteiger partial charge in [0.05, 0.1) is 39.8 Å². The number of para-hydroxylation sites is 3. The monoisotopic (exact) mass is 612 g/mol. The third-order valence-electron chi connectivity index (χ3n) is 9.69. The van der Waals surface area contributed by atoms with E-state index in [1.807, 2.05) is 18.2 Å². The summed E-state index contributed by atoms with van der Waals surface area (Å²) in [6, 6.07) is 53.6. The zero-order valence-electron chi connectivity index (χ0n) is 26.1. The molecule has 0 bridgehead atoms. The predicted molar refractivity (Wildman–Crippen MR) is 196 cm³/mol. The van der Waals surface area contributed by atoms with E-state index in [9.17, 15) is 10.5 Å². The first-order valence-corrected chi connectivity index (χ1v) is 16.2. The molecule has 4 nitrogen and oxygen atoms in total. The third-order valence-corrected chi connectivity index (χ3v) is 9.69. The molecule has 1 aliphatic rings. The third kappa shape index (κ3) is 4.28. The van der Waals surface area contributed by atoms with E-state index in [1.54, 1.807) is 0 Å². The van der Waals surface area contributed by atoms with Gasteiger partial charge in [0.2, 0.25) is 0 Å². The van der Waals surface area contributed by atoms with Crippen molar-refractivity contribution < 1.29 is 0 Å². The molecule has 224 valence electrons. The van der Waals surface area contributed by atoms with Gasteiger partial charge in [0.1, 0.15) is 0 Å². The van der Waals surface area contributed by atoms with Crippen molar-refractivity contribution in [1.82, 2.24) is 9.13 Å². The molecular weight excluding hydrogens is 585 g/mol. The average molecular weight is 613 g/mol. The van der Waals surface area contributed by atoms with Crippen LogP contribution >= 0.6 is 0 Å². The van der Waals surface area contributed by atoms with E-state index in [4.69, 9.17) is 0 Å². The lowest BCUT2D eigenvalue weighted by molar-refractivity contribution is 0.955. The first kappa shape index (κ1) is 27.7. The SMILES string of the molecule is N#CC1=CC(c2ccc(-c3cccc(-n4c5ccccc5c5ccccc54)c3)cc2)=C(n2c3ccccc3c3cc(C#N)ccc32)CC1. The summed E-state index contributed by atoms with van der Waals surface area (Å²) >= 11 is 0. The highest BCUT2D eigenvalue weighted by atomic mass is 15.0. The Balaban J connectivity index is 1.17. The molecule has 2 heterocycles.